The van der Waals surface area contributed by atoms with Crippen molar-refractivity contribution in [3.8, 4) is 0 Å². The van der Waals surface area contributed by atoms with E-state index >= 15 is 0 Å². The molecule has 1 aliphatic rings. The molecule has 4 rings (SSSR count). The van der Waals surface area contributed by atoms with Gasteiger partial charge in [0, 0.05) is 61.2 Å². The molecular weight excluding hydrogens is 400 g/mol. The van der Waals surface area contributed by atoms with Crippen molar-refractivity contribution in [3.63, 3.8) is 0 Å². The molecule has 1 aliphatic heterocycles. The highest BCUT2D eigenvalue weighted by atomic mass is 16.5. The van der Waals surface area contributed by atoms with E-state index in [2.05, 4.69) is 15.3 Å². The highest BCUT2D eigenvalue weighted by Crippen LogP contribution is 2.24. The molecule has 0 bridgehead atoms. The second-order valence-corrected chi connectivity index (χ2v) is 7.40. The van der Waals surface area contributed by atoms with Crippen molar-refractivity contribution in [3.05, 3.63) is 58.7 Å². The summed E-state index contributed by atoms with van der Waals surface area (Å²) in [6.45, 7) is 2.72. The molecule has 0 aliphatic carbocycles. The van der Waals surface area contributed by atoms with Gasteiger partial charge < -0.3 is 19.4 Å². The van der Waals surface area contributed by atoms with Crippen LogP contribution >= 0.6 is 0 Å². The van der Waals surface area contributed by atoms with Crippen molar-refractivity contribution < 1.29 is 18.7 Å². The summed E-state index contributed by atoms with van der Waals surface area (Å²) in [6, 6.07) is 8.09. The van der Waals surface area contributed by atoms with Gasteiger partial charge in [-0.25, -0.2) is 14.8 Å². The molecule has 9 heteroatoms. The number of carbonyl (C=O) groups is 2. The van der Waals surface area contributed by atoms with Crippen LogP contribution in [0.15, 0.2) is 51.9 Å². The smallest absolute Gasteiger partial charge is 0.336 e. The van der Waals surface area contributed by atoms with E-state index in [0.717, 1.165) is 0 Å². The Bertz CT molecular complexity index is 1150. The topological polar surface area (TPSA) is 115 Å². The maximum atomic E-state index is 12.6. The third-order valence-corrected chi connectivity index (χ3v) is 5.18. The average molecular weight is 422 g/mol. The Balaban J connectivity index is 1.40. The summed E-state index contributed by atoms with van der Waals surface area (Å²) < 4.78 is 10.8. The molecule has 1 N–H and O–H groups in total. The predicted octanol–water partition coefficient (Wildman–Crippen LogP) is 2.50. The molecule has 0 atom stereocenters. The first-order chi connectivity index (χ1) is 15.0. The fourth-order valence-corrected chi connectivity index (χ4v) is 3.67. The van der Waals surface area contributed by atoms with E-state index in [1.54, 1.807) is 36.7 Å². The number of amides is 1. The van der Waals surface area contributed by atoms with Crippen molar-refractivity contribution in [2.45, 2.75) is 26.4 Å². The molecule has 1 saturated heterocycles. The van der Waals surface area contributed by atoms with Crippen LogP contribution in [0.3, 0.4) is 0 Å². The van der Waals surface area contributed by atoms with Gasteiger partial charge in [0.15, 0.2) is 0 Å². The van der Waals surface area contributed by atoms with E-state index in [9.17, 15) is 14.4 Å². The molecular formula is C22H22N4O5. The number of nitrogens with one attached hydrogen (secondary N) is 1. The molecule has 0 saturated carbocycles. The number of hydrogen-bond acceptors (Lipinski definition) is 8. The van der Waals surface area contributed by atoms with Crippen LogP contribution in [0.25, 0.3) is 11.0 Å². The predicted molar refractivity (Wildman–Crippen MR) is 114 cm³/mol. The van der Waals surface area contributed by atoms with Crippen LogP contribution in [-0.4, -0.2) is 34.9 Å². The van der Waals surface area contributed by atoms with E-state index in [0.29, 0.717) is 54.1 Å². The average Bonchev–Trinajstić information content (AvgIpc) is 2.77. The van der Waals surface area contributed by atoms with E-state index in [-0.39, 0.29) is 24.4 Å². The highest BCUT2D eigenvalue weighted by Gasteiger charge is 2.27. The molecule has 0 spiro atoms. The fraction of sp³-hybridized carbons (Fsp3) is 0.318. The molecule has 31 heavy (non-hydrogen) atoms. The molecule has 1 amide bonds. The number of nitrogens with zero attached hydrogens (tertiary/aromatic N) is 3. The SMILES string of the molecule is CC(=O)Nc1ccc2c(COC(=O)C3CCN(c4ncccn4)CC3)cc(=O)oc2c1. The lowest BCUT2D eigenvalue weighted by atomic mass is 9.97. The van der Waals surface area contributed by atoms with Gasteiger partial charge in [-0.05, 0) is 31.0 Å². The Labute approximate surface area is 178 Å². The Kier molecular flexibility index (Phi) is 5.92. The molecule has 0 unspecified atom stereocenters. The van der Waals surface area contributed by atoms with Crippen molar-refractivity contribution in [1.29, 1.82) is 0 Å². The van der Waals surface area contributed by atoms with Crippen LogP contribution in [0.1, 0.15) is 25.3 Å². The number of aromatic nitrogens is 2. The summed E-state index contributed by atoms with van der Waals surface area (Å²) in [5, 5.41) is 3.30. The standard InChI is InChI=1S/C22H22N4O5/c1-14(27)25-17-3-4-18-16(11-20(28)31-19(18)12-17)13-30-21(29)15-5-9-26(10-6-15)22-23-7-2-8-24-22/h2-4,7-8,11-12,15H,5-6,9-10,13H2,1H3,(H,25,27). The van der Waals surface area contributed by atoms with E-state index < -0.39 is 5.63 Å². The molecule has 0 radical (unpaired) electrons. The van der Waals surface area contributed by atoms with Crippen LogP contribution in [0.5, 0.6) is 0 Å². The number of anilines is 2. The van der Waals surface area contributed by atoms with Gasteiger partial charge in [-0.1, -0.05) is 0 Å². The number of piperidine rings is 1. The van der Waals surface area contributed by atoms with E-state index in [1.807, 2.05) is 4.90 Å². The monoisotopic (exact) mass is 422 g/mol. The zero-order valence-corrected chi connectivity index (χ0v) is 17.0. The Morgan fingerprint density at radius 2 is 1.94 bits per heavy atom. The summed E-state index contributed by atoms with van der Waals surface area (Å²) in [4.78, 5) is 46.3. The normalized spacial score (nSPS) is 14.4. The van der Waals surface area contributed by atoms with Gasteiger partial charge in [0.1, 0.15) is 12.2 Å². The fourth-order valence-electron chi connectivity index (χ4n) is 3.67. The van der Waals surface area contributed by atoms with Gasteiger partial charge in [0.2, 0.25) is 11.9 Å². The molecule has 9 nitrogen and oxygen atoms in total. The van der Waals surface area contributed by atoms with Crippen LogP contribution in [0.4, 0.5) is 11.6 Å². The van der Waals surface area contributed by atoms with Crippen molar-refractivity contribution in [2.75, 3.05) is 23.3 Å². The van der Waals surface area contributed by atoms with Crippen LogP contribution in [-0.2, 0) is 20.9 Å². The van der Waals surface area contributed by atoms with Crippen molar-refractivity contribution in [2.24, 2.45) is 5.92 Å². The first kappa shape index (κ1) is 20.5. The van der Waals surface area contributed by atoms with Gasteiger partial charge in [-0.15, -0.1) is 0 Å². The molecule has 160 valence electrons. The molecule has 1 fully saturated rings. The second kappa shape index (κ2) is 8.95. The molecule has 1 aromatic carbocycles. The Hall–Kier alpha value is -3.75. The molecule has 2 aromatic heterocycles. The number of carbonyl (C=O) groups excluding carboxylic acids is 2. The third-order valence-electron chi connectivity index (χ3n) is 5.18. The maximum absolute atomic E-state index is 12.6. The van der Waals surface area contributed by atoms with Gasteiger partial charge in [0.25, 0.3) is 0 Å². The molecule has 3 aromatic rings. The number of rotatable bonds is 5. The minimum Gasteiger partial charge on any atom is -0.461 e. The lowest BCUT2D eigenvalue weighted by molar-refractivity contribution is -0.150. The third kappa shape index (κ3) is 4.88. The lowest BCUT2D eigenvalue weighted by Gasteiger charge is -2.30. The molecule has 3 heterocycles. The summed E-state index contributed by atoms with van der Waals surface area (Å²) in [5.41, 5.74) is 0.853. The highest BCUT2D eigenvalue weighted by molar-refractivity contribution is 5.92. The summed E-state index contributed by atoms with van der Waals surface area (Å²) >= 11 is 0. The number of esters is 1. The quantitative estimate of drug-likeness (QED) is 0.493. The zero-order chi connectivity index (χ0) is 21.8. The van der Waals surface area contributed by atoms with E-state index in [4.69, 9.17) is 9.15 Å². The van der Waals surface area contributed by atoms with Crippen LogP contribution in [0.2, 0.25) is 0 Å². The summed E-state index contributed by atoms with van der Waals surface area (Å²) in [7, 11) is 0. The lowest BCUT2D eigenvalue weighted by Crippen LogP contribution is -2.37. The minimum atomic E-state index is -0.547. The minimum absolute atomic E-state index is 0.0254. The Morgan fingerprint density at radius 3 is 2.65 bits per heavy atom. The van der Waals surface area contributed by atoms with Crippen molar-refractivity contribution >= 4 is 34.5 Å². The number of hydrogen-bond donors (Lipinski definition) is 1. The Morgan fingerprint density at radius 1 is 1.19 bits per heavy atom. The first-order valence-electron chi connectivity index (χ1n) is 10.0. The number of fused-ring (bicyclic) bond motifs is 1. The van der Waals surface area contributed by atoms with Gasteiger partial charge in [-0.3, -0.25) is 9.59 Å². The first-order valence-corrected chi connectivity index (χ1v) is 10.0. The maximum Gasteiger partial charge on any atom is 0.336 e. The largest absolute Gasteiger partial charge is 0.461 e. The summed E-state index contributed by atoms with van der Waals surface area (Å²) in [6.07, 6.45) is 4.69. The van der Waals surface area contributed by atoms with Gasteiger partial charge in [-0.2, -0.15) is 0 Å². The zero-order valence-electron chi connectivity index (χ0n) is 17.0. The van der Waals surface area contributed by atoms with Crippen LogP contribution < -0.4 is 15.8 Å². The summed E-state index contributed by atoms with van der Waals surface area (Å²) in [5.74, 6) is -0.0605. The van der Waals surface area contributed by atoms with Gasteiger partial charge >= 0.3 is 11.6 Å². The van der Waals surface area contributed by atoms with E-state index in [1.165, 1.54) is 13.0 Å². The number of ether oxygens (including phenoxy) is 1. The second-order valence-electron chi connectivity index (χ2n) is 7.40. The number of benzene rings is 1. The van der Waals surface area contributed by atoms with Crippen molar-refractivity contribution in [1.82, 2.24) is 9.97 Å². The van der Waals surface area contributed by atoms with Gasteiger partial charge in [0.05, 0.1) is 5.92 Å². The van der Waals surface area contributed by atoms with Crippen LogP contribution in [0, 0.1) is 5.92 Å².